The molecule has 0 bridgehead atoms. The standard InChI is InChI=1S/C16H13NO2S.C4H10O2/c1-2-13(10-20-7-1)15-9-17-16(19-15)12-3-4-14-11(8-12)5-6-18-14;1-4(2)6-3-5/h1-6,8-10,16-17H,7H2;4-5H,3H2,1-2H3. The molecule has 0 amide bonds. The smallest absolute Gasteiger partial charge is 0.196 e. The summed E-state index contributed by atoms with van der Waals surface area (Å²) in [6.07, 6.45) is 7.91. The average molecular weight is 373 g/mol. The fraction of sp³-hybridized carbons (Fsp3) is 0.300. The van der Waals surface area contributed by atoms with Crippen LogP contribution in [0.2, 0.25) is 0 Å². The number of nitrogens with one attached hydrogen (secondary N) is 1. The number of aliphatic hydroxyl groups is 1. The minimum Gasteiger partial charge on any atom is -0.464 e. The van der Waals surface area contributed by atoms with Crippen molar-refractivity contribution >= 4 is 22.7 Å². The molecule has 0 spiro atoms. The molecule has 138 valence electrons. The first-order valence-corrected chi connectivity index (χ1v) is 9.53. The maximum Gasteiger partial charge on any atom is 0.196 e. The van der Waals surface area contributed by atoms with Gasteiger partial charge in [0.25, 0.3) is 0 Å². The van der Waals surface area contributed by atoms with E-state index in [0.29, 0.717) is 0 Å². The van der Waals surface area contributed by atoms with Gasteiger partial charge in [-0.3, -0.25) is 0 Å². The molecule has 0 radical (unpaired) electrons. The summed E-state index contributed by atoms with van der Waals surface area (Å²) in [6, 6.07) is 8.06. The number of allylic oxidation sites excluding steroid dienone is 1. The molecule has 3 heterocycles. The van der Waals surface area contributed by atoms with Crippen molar-refractivity contribution in [2.45, 2.75) is 26.2 Å². The first-order chi connectivity index (χ1) is 12.7. The Labute approximate surface area is 157 Å². The van der Waals surface area contributed by atoms with Crippen LogP contribution < -0.4 is 5.32 Å². The summed E-state index contributed by atoms with van der Waals surface area (Å²) in [7, 11) is 0. The highest BCUT2D eigenvalue weighted by atomic mass is 32.2. The lowest BCUT2D eigenvalue weighted by molar-refractivity contribution is -0.0346. The van der Waals surface area contributed by atoms with E-state index in [4.69, 9.17) is 14.3 Å². The van der Waals surface area contributed by atoms with Crippen LogP contribution in [0.4, 0.5) is 0 Å². The second kappa shape index (κ2) is 8.98. The molecule has 2 aromatic rings. The van der Waals surface area contributed by atoms with Crippen molar-refractivity contribution in [1.82, 2.24) is 5.32 Å². The van der Waals surface area contributed by atoms with Crippen molar-refractivity contribution in [3.05, 3.63) is 71.2 Å². The molecule has 2 N–H and O–H groups in total. The van der Waals surface area contributed by atoms with Gasteiger partial charge in [0.05, 0.1) is 12.4 Å². The van der Waals surface area contributed by atoms with E-state index in [9.17, 15) is 0 Å². The molecule has 5 nitrogen and oxygen atoms in total. The van der Waals surface area contributed by atoms with Gasteiger partial charge in [-0.15, -0.1) is 11.8 Å². The lowest BCUT2D eigenvalue weighted by atomic mass is 10.1. The van der Waals surface area contributed by atoms with Crippen molar-refractivity contribution in [1.29, 1.82) is 0 Å². The Bertz CT molecular complexity index is 822. The molecule has 4 rings (SSSR count). The summed E-state index contributed by atoms with van der Waals surface area (Å²) < 4.78 is 16.0. The highest BCUT2D eigenvalue weighted by molar-refractivity contribution is 8.02. The Morgan fingerprint density at radius 2 is 2.23 bits per heavy atom. The molecule has 0 saturated carbocycles. The van der Waals surface area contributed by atoms with E-state index in [1.807, 2.05) is 38.2 Å². The van der Waals surface area contributed by atoms with Crippen LogP contribution in [-0.2, 0) is 9.47 Å². The number of thioether (sulfide) groups is 1. The fourth-order valence-corrected chi connectivity index (χ4v) is 3.19. The van der Waals surface area contributed by atoms with Gasteiger partial charge in [0.15, 0.2) is 6.23 Å². The quantitative estimate of drug-likeness (QED) is 0.773. The molecule has 1 unspecified atom stereocenters. The summed E-state index contributed by atoms with van der Waals surface area (Å²) in [5.41, 5.74) is 3.12. The zero-order valence-electron chi connectivity index (χ0n) is 14.8. The monoisotopic (exact) mass is 373 g/mol. The van der Waals surface area contributed by atoms with E-state index in [-0.39, 0.29) is 19.1 Å². The van der Waals surface area contributed by atoms with E-state index in [1.165, 1.54) is 0 Å². The van der Waals surface area contributed by atoms with E-state index < -0.39 is 0 Å². The maximum absolute atomic E-state index is 8.01. The third-order valence-electron chi connectivity index (χ3n) is 3.78. The van der Waals surface area contributed by atoms with Crippen molar-refractivity contribution in [3.8, 4) is 0 Å². The highest BCUT2D eigenvalue weighted by Gasteiger charge is 2.21. The molecular formula is C20H23NO4S. The largest absolute Gasteiger partial charge is 0.464 e. The molecule has 2 aliphatic rings. The second-order valence-corrected chi connectivity index (χ2v) is 6.95. The number of fused-ring (bicyclic) bond motifs is 1. The van der Waals surface area contributed by atoms with E-state index in [2.05, 4.69) is 33.7 Å². The molecule has 1 atom stereocenters. The molecular weight excluding hydrogens is 350 g/mol. The van der Waals surface area contributed by atoms with Crippen molar-refractivity contribution < 1.29 is 19.0 Å². The highest BCUT2D eigenvalue weighted by Crippen LogP contribution is 2.31. The maximum atomic E-state index is 8.01. The fourth-order valence-electron chi connectivity index (χ4n) is 2.51. The van der Waals surface area contributed by atoms with Gasteiger partial charge in [-0.05, 0) is 43.5 Å². The SMILES string of the molecule is C1=CC(C2=CNC(c3ccc4occc4c3)O2)=CSC1.CC(C)OCO. The predicted molar refractivity (Wildman–Crippen MR) is 104 cm³/mol. The summed E-state index contributed by atoms with van der Waals surface area (Å²) in [5.74, 6) is 1.93. The van der Waals surface area contributed by atoms with E-state index in [1.54, 1.807) is 18.0 Å². The third kappa shape index (κ3) is 4.72. The Balaban J connectivity index is 0.000000286. The van der Waals surface area contributed by atoms with Gasteiger partial charge in [0, 0.05) is 28.5 Å². The first-order valence-electron chi connectivity index (χ1n) is 8.48. The summed E-state index contributed by atoms with van der Waals surface area (Å²) in [4.78, 5) is 0. The zero-order chi connectivity index (χ0) is 18.4. The Hall–Kier alpha value is -2.15. The predicted octanol–water partition coefficient (Wildman–Crippen LogP) is 4.44. The van der Waals surface area contributed by atoms with Crippen LogP contribution in [0.5, 0.6) is 0 Å². The number of aliphatic hydroxyl groups excluding tert-OH is 1. The van der Waals surface area contributed by atoms with Crippen molar-refractivity contribution in [2.24, 2.45) is 0 Å². The lowest BCUT2D eigenvalue weighted by Crippen LogP contribution is -2.11. The average Bonchev–Trinajstić information content (AvgIpc) is 3.32. The molecule has 2 aliphatic heterocycles. The van der Waals surface area contributed by atoms with Crippen LogP contribution in [0.1, 0.15) is 25.6 Å². The van der Waals surface area contributed by atoms with Crippen LogP contribution in [0.3, 0.4) is 0 Å². The summed E-state index contributed by atoms with van der Waals surface area (Å²) in [6.45, 7) is 3.57. The number of hydrogen-bond donors (Lipinski definition) is 2. The van der Waals surface area contributed by atoms with Gasteiger partial charge >= 0.3 is 0 Å². The normalized spacial score (nSPS) is 18.7. The molecule has 0 fully saturated rings. The lowest BCUT2D eigenvalue weighted by Gasteiger charge is -2.14. The Morgan fingerprint density at radius 3 is 2.92 bits per heavy atom. The van der Waals surface area contributed by atoms with Crippen LogP contribution in [0.15, 0.2) is 70.0 Å². The van der Waals surface area contributed by atoms with Crippen LogP contribution >= 0.6 is 11.8 Å². The van der Waals surface area contributed by atoms with Gasteiger partial charge in [0.2, 0.25) is 0 Å². The third-order valence-corrected chi connectivity index (χ3v) is 4.59. The van der Waals surface area contributed by atoms with E-state index in [0.717, 1.165) is 33.6 Å². The Morgan fingerprint density at radius 1 is 1.35 bits per heavy atom. The minimum atomic E-state index is -0.169. The topological polar surface area (TPSA) is 63.9 Å². The second-order valence-electron chi connectivity index (χ2n) is 6.04. The van der Waals surface area contributed by atoms with Crippen LogP contribution in [0, 0.1) is 0 Å². The zero-order valence-corrected chi connectivity index (χ0v) is 15.7. The number of hydrogen-bond acceptors (Lipinski definition) is 6. The van der Waals surface area contributed by atoms with Crippen LogP contribution in [0.25, 0.3) is 11.0 Å². The Kier molecular flexibility index (Phi) is 6.44. The van der Waals surface area contributed by atoms with Gasteiger partial charge in [-0.25, -0.2) is 0 Å². The number of benzene rings is 1. The van der Waals surface area contributed by atoms with Gasteiger partial charge in [0.1, 0.15) is 18.1 Å². The van der Waals surface area contributed by atoms with Gasteiger partial charge in [-0.2, -0.15) is 0 Å². The molecule has 0 aliphatic carbocycles. The van der Waals surface area contributed by atoms with Gasteiger partial charge in [-0.1, -0.05) is 12.2 Å². The van der Waals surface area contributed by atoms with E-state index >= 15 is 0 Å². The molecule has 26 heavy (non-hydrogen) atoms. The molecule has 0 saturated heterocycles. The summed E-state index contributed by atoms with van der Waals surface area (Å²) >= 11 is 1.78. The molecule has 6 heteroatoms. The molecule has 1 aromatic carbocycles. The van der Waals surface area contributed by atoms with Crippen molar-refractivity contribution in [3.63, 3.8) is 0 Å². The van der Waals surface area contributed by atoms with Crippen molar-refractivity contribution in [2.75, 3.05) is 12.5 Å². The van der Waals surface area contributed by atoms with Gasteiger partial charge < -0.3 is 24.3 Å². The number of ether oxygens (including phenoxy) is 2. The van der Waals surface area contributed by atoms with Crippen LogP contribution in [-0.4, -0.2) is 23.8 Å². The number of furan rings is 1. The molecule has 1 aromatic heterocycles. The number of rotatable bonds is 4. The first kappa shape index (κ1) is 18.6. The summed E-state index contributed by atoms with van der Waals surface area (Å²) in [5, 5.41) is 14.5. The minimum absolute atomic E-state index is 0.134.